The number of hydrogen-bond donors (Lipinski definition) is 1. The van der Waals surface area contributed by atoms with Gasteiger partial charge in [-0.3, -0.25) is 4.98 Å². The number of hydrogen-bond acceptors (Lipinski definition) is 3. The van der Waals surface area contributed by atoms with Crippen molar-refractivity contribution in [3.63, 3.8) is 0 Å². The summed E-state index contributed by atoms with van der Waals surface area (Å²) in [6, 6.07) is 10.6. The van der Waals surface area contributed by atoms with Gasteiger partial charge in [-0.1, -0.05) is 29.5 Å². The average molecular weight is 258 g/mol. The summed E-state index contributed by atoms with van der Waals surface area (Å²) in [5, 5.41) is 0. The van der Waals surface area contributed by atoms with E-state index >= 15 is 0 Å². The summed E-state index contributed by atoms with van der Waals surface area (Å²) >= 11 is 1.76. The van der Waals surface area contributed by atoms with E-state index in [-0.39, 0.29) is 0 Å². The molecule has 0 amide bonds. The summed E-state index contributed by atoms with van der Waals surface area (Å²) in [7, 11) is 0. The molecule has 1 aromatic heterocycles. The lowest BCUT2D eigenvalue weighted by Gasteiger charge is -2.11. The Kier molecular flexibility index (Phi) is 4.04. The predicted molar refractivity (Wildman–Crippen MR) is 76.9 cm³/mol. The minimum Gasteiger partial charge on any atom is -0.326 e. The van der Waals surface area contributed by atoms with E-state index in [4.69, 9.17) is 5.73 Å². The molecule has 0 fully saturated rings. The molecule has 0 atom stereocenters. The second-order valence-corrected chi connectivity index (χ2v) is 5.56. The summed E-state index contributed by atoms with van der Waals surface area (Å²) in [6.07, 6.45) is 0. The number of rotatable bonds is 3. The Balaban J connectivity index is 2.39. The van der Waals surface area contributed by atoms with E-state index in [1.807, 2.05) is 13.8 Å². The average Bonchev–Trinajstić information content (AvgIpc) is 2.28. The molecule has 0 radical (unpaired) electrons. The van der Waals surface area contributed by atoms with Gasteiger partial charge in [0.1, 0.15) is 0 Å². The Bertz CT molecular complexity index is 564. The standard InChI is InChI=1S/C15H18N2S/c1-10-5-4-6-13(7-10)18-15-8-11(2)17-12(3)14(15)9-16/h4-8H,9,16H2,1-3H3. The SMILES string of the molecule is Cc1cccc(Sc2cc(C)nc(C)c2CN)c1. The molecular formula is C15H18N2S. The minimum absolute atomic E-state index is 0.535. The third-order valence-corrected chi connectivity index (χ3v) is 3.91. The molecule has 2 aromatic rings. The maximum absolute atomic E-state index is 5.83. The number of nitrogens with zero attached hydrogens (tertiary/aromatic N) is 1. The van der Waals surface area contributed by atoms with Crippen LogP contribution in [-0.2, 0) is 6.54 Å². The molecule has 0 aliphatic rings. The number of nitrogens with two attached hydrogens (primary N) is 1. The van der Waals surface area contributed by atoms with Crippen molar-refractivity contribution in [3.8, 4) is 0 Å². The van der Waals surface area contributed by atoms with Crippen molar-refractivity contribution in [3.05, 3.63) is 52.8 Å². The highest BCUT2D eigenvalue weighted by Gasteiger charge is 2.08. The minimum atomic E-state index is 0.535. The molecule has 1 heterocycles. The van der Waals surface area contributed by atoms with Crippen molar-refractivity contribution in [1.29, 1.82) is 0 Å². The van der Waals surface area contributed by atoms with E-state index in [9.17, 15) is 0 Å². The molecule has 18 heavy (non-hydrogen) atoms. The monoisotopic (exact) mass is 258 g/mol. The van der Waals surface area contributed by atoms with Crippen LogP contribution < -0.4 is 5.73 Å². The van der Waals surface area contributed by atoms with E-state index in [1.54, 1.807) is 11.8 Å². The van der Waals surface area contributed by atoms with Crippen LogP contribution in [0.4, 0.5) is 0 Å². The van der Waals surface area contributed by atoms with Gasteiger partial charge in [0.05, 0.1) is 0 Å². The zero-order chi connectivity index (χ0) is 13.1. The van der Waals surface area contributed by atoms with Crippen molar-refractivity contribution >= 4 is 11.8 Å². The van der Waals surface area contributed by atoms with E-state index in [1.165, 1.54) is 15.4 Å². The lowest BCUT2D eigenvalue weighted by atomic mass is 10.2. The largest absolute Gasteiger partial charge is 0.326 e. The molecule has 0 unspecified atom stereocenters. The molecule has 3 heteroatoms. The topological polar surface area (TPSA) is 38.9 Å². The van der Waals surface area contributed by atoms with Gasteiger partial charge in [0.25, 0.3) is 0 Å². The Morgan fingerprint density at radius 2 is 1.94 bits per heavy atom. The van der Waals surface area contributed by atoms with E-state index in [0.717, 1.165) is 17.0 Å². The molecule has 2 nitrogen and oxygen atoms in total. The number of aromatic nitrogens is 1. The van der Waals surface area contributed by atoms with Gasteiger partial charge in [0.15, 0.2) is 0 Å². The summed E-state index contributed by atoms with van der Waals surface area (Å²) < 4.78 is 0. The molecule has 94 valence electrons. The van der Waals surface area contributed by atoms with E-state index < -0.39 is 0 Å². The second kappa shape index (κ2) is 5.55. The van der Waals surface area contributed by atoms with Crippen molar-refractivity contribution in [2.75, 3.05) is 0 Å². The van der Waals surface area contributed by atoms with Crippen LogP contribution in [0.3, 0.4) is 0 Å². The normalized spacial score (nSPS) is 10.7. The fraction of sp³-hybridized carbons (Fsp3) is 0.267. The fourth-order valence-electron chi connectivity index (χ4n) is 1.96. The zero-order valence-corrected chi connectivity index (χ0v) is 11.8. The highest BCUT2D eigenvalue weighted by Crippen LogP contribution is 2.32. The third-order valence-electron chi connectivity index (χ3n) is 2.84. The van der Waals surface area contributed by atoms with Crippen LogP contribution in [0.25, 0.3) is 0 Å². The Morgan fingerprint density at radius 3 is 2.61 bits per heavy atom. The molecular weight excluding hydrogens is 240 g/mol. The molecule has 0 aliphatic carbocycles. The van der Waals surface area contributed by atoms with Gasteiger partial charge < -0.3 is 5.73 Å². The molecule has 0 aliphatic heterocycles. The molecule has 1 aromatic carbocycles. The first-order valence-electron chi connectivity index (χ1n) is 6.02. The summed E-state index contributed by atoms with van der Waals surface area (Å²) in [4.78, 5) is 6.93. The Labute approximate surface area is 113 Å². The van der Waals surface area contributed by atoms with Gasteiger partial charge >= 0.3 is 0 Å². The van der Waals surface area contributed by atoms with Crippen LogP contribution in [0.1, 0.15) is 22.5 Å². The van der Waals surface area contributed by atoms with Crippen LogP contribution in [0.5, 0.6) is 0 Å². The second-order valence-electron chi connectivity index (χ2n) is 4.45. The van der Waals surface area contributed by atoms with Crippen molar-refractivity contribution < 1.29 is 0 Å². The third kappa shape index (κ3) is 2.92. The maximum atomic E-state index is 5.83. The van der Waals surface area contributed by atoms with Gasteiger partial charge in [0, 0.05) is 33.3 Å². The summed E-state index contributed by atoms with van der Waals surface area (Å²) in [5.41, 5.74) is 10.3. The van der Waals surface area contributed by atoms with Crippen LogP contribution in [0, 0.1) is 20.8 Å². The zero-order valence-electron chi connectivity index (χ0n) is 11.0. The highest BCUT2D eigenvalue weighted by molar-refractivity contribution is 7.99. The number of benzene rings is 1. The van der Waals surface area contributed by atoms with Crippen LogP contribution in [-0.4, -0.2) is 4.98 Å². The molecule has 0 bridgehead atoms. The van der Waals surface area contributed by atoms with Crippen molar-refractivity contribution in [2.24, 2.45) is 5.73 Å². The van der Waals surface area contributed by atoms with E-state index in [2.05, 4.69) is 42.2 Å². The first-order valence-corrected chi connectivity index (χ1v) is 6.83. The number of pyridine rings is 1. The van der Waals surface area contributed by atoms with Gasteiger partial charge in [-0.2, -0.15) is 0 Å². The predicted octanol–water partition coefficient (Wildman–Crippen LogP) is 3.62. The van der Waals surface area contributed by atoms with Crippen LogP contribution in [0.15, 0.2) is 40.1 Å². The molecule has 0 saturated carbocycles. The summed E-state index contributed by atoms with van der Waals surface area (Å²) in [5.74, 6) is 0. The molecule has 0 saturated heterocycles. The highest BCUT2D eigenvalue weighted by atomic mass is 32.2. The smallest absolute Gasteiger partial charge is 0.0432 e. The van der Waals surface area contributed by atoms with E-state index in [0.29, 0.717) is 6.54 Å². The first-order chi connectivity index (χ1) is 8.60. The first kappa shape index (κ1) is 13.1. The van der Waals surface area contributed by atoms with Gasteiger partial charge in [0.2, 0.25) is 0 Å². The van der Waals surface area contributed by atoms with Crippen molar-refractivity contribution in [1.82, 2.24) is 4.98 Å². The Morgan fingerprint density at radius 1 is 1.17 bits per heavy atom. The van der Waals surface area contributed by atoms with Crippen LogP contribution >= 0.6 is 11.8 Å². The van der Waals surface area contributed by atoms with Gasteiger partial charge in [-0.25, -0.2) is 0 Å². The molecule has 2 rings (SSSR count). The lowest BCUT2D eigenvalue weighted by molar-refractivity contribution is 0.945. The molecule has 2 N–H and O–H groups in total. The summed E-state index contributed by atoms with van der Waals surface area (Å²) in [6.45, 7) is 6.69. The molecule has 0 spiro atoms. The quantitative estimate of drug-likeness (QED) is 0.914. The number of aryl methyl sites for hydroxylation is 3. The maximum Gasteiger partial charge on any atom is 0.0432 e. The lowest BCUT2D eigenvalue weighted by Crippen LogP contribution is -2.04. The fourth-order valence-corrected chi connectivity index (χ4v) is 3.19. The van der Waals surface area contributed by atoms with Gasteiger partial charge in [-0.15, -0.1) is 0 Å². The Hall–Kier alpha value is -1.32. The van der Waals surface area contributed by atoms with Gasteiger partial charge in [-0.05, 0) is 39.0 Å². The van der Waals surface area contributed by atoms with Crippen LogP contribution in [0.2, 0.25) is 0 Å². The van der Waals surface area contributed by atoms with Crippen molar-refractivity contribution in [2.45, 2.75) is 37.1 Å².